The number of hydrogen-bond donors (Lipinski definition) is 2. The molecule has 0 atom stereocenters. The molecule has 0 aliphatic heterocycles. The van der Waals surface area contributed by atoms with Crippen molar-refractivity contribution in [2.45, 2.75) is 19.8 Å². The summed E-state index contributed by atoms with van der Waals surface area (Å²) in [5, 5.41) is 4.71. The first kappa shape index (κ1) is 19.3. The fourth-order valence-corrected chi connectivity index (χ4v) is 1.88. The van der Waals surface area contributed by atoms with E-state index in [2.05, 4.69) is 15.6 Å². The quantitative estimate of drug-likeness (QED) is 0.589. The van der Waals surface area contributed by atoms with Crippen LogP contribution in [0.4, 0.5) is 4.39 Å². The van der Waals surface area contributed by atoms with Gasteiger partial charge in [-0.15, -0.1) is 0 Å². The highest BCUT2D eigenvalue weighted by atomic mass is 19.1. The summed E-state index contributed by atoms with van der Waals surface area (Å²) in [4.78, 5) is 26.9. The summed E-state index contributed by atoms with van der Waals surface area (Å²) < 4.78 is 18.5. The molecule has 2 N–H and O–H groups in total. The highest BCUT2D eigenvalue weighted by Crippen LogP contribution is 2.11. The van der Waals surface area contributed by atoms with Gasteiger partial charge in [-0.25, -0.2) is 0 Å². The summed E-state index contributed by atoms with van der Waals surface area (Å²) in [7, 11) is 2.85. The lowest BCUT2D eigenvalue weighted by Gasteiger charge is -2.08. The number of rotatable bonds is 7. The number of amides is 2. The van der Waals surface area contributed by atoms with E-state index in [-0.39, 0.29) is 12.2 Å². The molecule has 0 heterocycles. The first-order chi connectivity index (χ1) is 11.5. The maximum absolute atomic E-state index is 13.5. The molecule has 2 amide bonds. The van der Waals surface area contributed by atoms with Crippen molar-refractivity contribution in [1.82, 2.24) is 10.6 Å². The third-order valence-electron chi connectivity index (χ3n) is 3.14. The topological polar surface area (TPSA) is 79.8 Å². The van der Waals surface area contributed by atoms with Gasteiger partial charge >= 0.3 is 11.8 Å². The Balaban J connectivity index is 2.48. The molecule has 1 aromatic carbocycles. The number of nitrogens with zero attached hydrogens (tertiary/aromatic N) is 1. The van der Waals surface area contributed by atoms with Crippen LogP contribution in [0.1, 0.15) is 18.9 Å². The monoisotopic (exact) mass is 335 g/mol. The summed E-state index contributed by atoms with van der Waals surface area (Å²) in [5.74, 6) is -1.83. The van der Waals surface area contributed by atoms with Crippen molar-refractivity contribution >= 4 is 17.8 Å². The Morgan fingerprint density at radius 2 is 1.92 bits per heavy atom. The van der Waals surface area contributed by atoms with Crippen LogP contribution in [-0.2, 0) is 16.0 Å². The number of allylic oxidation sites excluding steroid dienone is 2. The summed E-state index contributed by atoms with van der Waals surface area (Å²) >= 11 is 0. The molecule has 0 saturated heterocycles. The van der Waals surface area contributed by atoms with Gasteiger partial charge in [-0.2, -0.15) is 4.39 Å². The SMILES string of the molecule is CC/C=C(/NC(=O)C(=O)NCCc1ccc(OC)cc1)C(F)=NC. The second kappa shape index (κ2) is 10.1. The lowest BCUT2D eigenvalue weighted by Crippen LogP contribution is -2.41. The van der Waals surface area contributed by atoms with E-state index in [0.717, 1.165) is 11.3 Å². The molecule has 0 spiro atoms. The van der Waals surface area contributed by atoms with E-state index in [4.69, 9.17) is 4.74 Å². The molecule has 0 aromatic heterocycles. The number of halogens is 1. The average Bonchev–Trinajstić information content (AvgIpc) is 2.61. The number of hydrogen-bond acceptors (Lipinski definition) is 4. The van der Waals surface area contributed by atoms with E-state index in [1.807, 2.05) is 24.3 Å². The Bertz CT molecular complexity index is 624. The highest BCUT2D eigenvalue weighted by molar-refractivity contribution is 6.36. The first-order valence-electron chi connectivity index (χ1n) is 7.56. The van der Waals surface area contributed by atoms with Gasteiger partial charge in [0.2, 0.25) is 5.97 Å². The van der Waals surface area contributed by atoms with Gasteiger partial charge in [-0.05, 0) is 30.5 Å². The Morgan fingerprint density at radius 3 is 2.46 bits per heavy atom. The normalized spacial score (nSPS) is 11.8. The number of carbonyl (C=O) groups excluding carboxylic acids is 2. The third-order valence-corrected chi connectivity index (χ3v) is 3.14. The molecule has 0 bridgehead atoms. The Hall–Kier alpha value is -2.70. The van der Waals surface area contributed by atoms with E-state index in [1.165, 1.54) is 13.1 Å². The van der Waals surface area contributed by atoms with Gasteiger partial charge in [0, 0.05) is 13.6 Å². The van der Waals surface area contributed by atoms with E-state index < -0.39 is 17.8 Å². The van der Waals surface area contributed by atoms with Crippen molar-refractivity contribution in [3.8, 4) is 5.75 Å². The number of carbonyl (C=O) groups is 2. The van der Waals surface area contributed by atoms with Crippen LogP contribution in [0.2, 0.25) is 0 Å². The van der Waals surface area contributed by atoms with E-state index in [9.17, 15) is 14.0 Å². The van der Waals surface area contributed by atoms with Gasteiger partial charge in [0.05, 0.1) is 12.8 Å². The first-order valence-corrected chi connectivity index (χ1v) is 7.56. The maximum atomic E-state index is 13.5. The summed E-state index contributed by atoms with van der Waals surface area (Å²) in [5.41, 5.74) is 0.891. The fourth-order valence-electron chi connectivity index (χ4n) is 1.88. The van der Waals surface area contributed by atoms with Crippen molar-refractivity contribution in [2.75, 3.05) is 20.7 Å². The largest absolute Gasteiger partial charge is 0.497 e. The Labute approximate surface area is 140 Å². The minimum atomic E-state index is -0.928. The molecule has 0 saturated carbocycles. The van der Waals surface area contributed by atoms with Crippen LogP contribution in [0.25, 0.3) is 0 Å². The van der Waals surface area contributed by atoms with Crippen LogP contribution in [0.5, 0.6) is 5.75 Å². The molecule has 0 aliphatic carbocycles. The Kier molecular flexibility index (Phi) is 8.18. The van der Waals surface area contributed by atoms with Gasteiger partial charge in [-0.1, -0.05) is 25.1 Å². The van der Waals surface area contributed by atoms with E-state index in [1.54, 1.807) is 14.0 Å². The van der Waals surface area contributed by atoms with Gasteiger partial charge in [0.15, 0.2) is 0 Å². The zero-order valence-corrected chi connectivity index (χ0v) is 14.1. The predicted molar refractivity (Wildman–Crippen MR) is 90.7 cm³/mol. The molecule has 1 aromatic rings. The van der Waals surface area contributed by atoms with Gasteiger partial charge in [0.25, 0.3) is 0 Å². The lowest BCUT2D eigenvalue weighted by atomic mass is 10.1. The van der Waals surface area contributed by atoms with Crippen molar-refractivity contribution in [3.63, 3.8) is 0 Å². The van der Waals surface area contributed by atoms with Crippen LogP contribution < -0.4 is 15.4 Å². The molecule has 6 nitrogen and oxygen atoms in total. The second-order valence-corrected chi connectivity index (χ2v) is 4.85. The van der Waals surface area contributed by atoms with Crippen molar-refractivity contribution in [1.29, 1.82) is 0 Å². The van der Waals surface area contributed by atoms with Crippen molar-refractivity contribution in [2.24, 2.45) is 4.99 Å². The average molecular weight is 335 g/mol. The van der Waals surface area contributed by atoms with Gasteiger partial charge < -0.3 is 15.4 Å². The zero-order chi connectivity index (χ0) is 17.9. The maximum Gasteiger partial charge on any atom is 0.313 e. The molecular formula is C17H22FN3O3. The molecule has 130 valence electrons. The second-order valence-electron chi connectivity index (χ2n) is 4.85. The zero-order valence-electron chi connectivity index (χ0n) is 14.1. The van der Waals surface area contributed by atoms with E-state index >= 15 is 0 Å². The van der Waals surface area contributed by atoms with Crippen LogP contribution in [-0.4, -0.2) is 38.5 Å². The summed E-state index contributed by atoms with van der Waals surface area (Å²) in [6.07, 6.45) is 2.51. The van der Waals surface area contributed by atoms with Crippen molar-refractivity contribution < 1.29 is 18.7 Å². The van der Waals surface area contributed by atoms with Crippen LogP contribution in [0, 0.1) is 0 Å². The number of aliphatic imine (C=N–C) groups is 1. The standard InChI is InChI=1S/C17H22FN3O3/c1-4-5-14(15(18)19-2)21-17(23)16(22)20-11-10-12-6-8-13(24-3)9-7-12/h5-9H,4,10-11H2,1-3H3,(H,20,22)(H,21,23)/b14-5+,19-15?. The molecule has 7 heteroatoms. The third kappa shape index (κ3) is 6.20. The molecular weight excluding hydrogens is 313 g/mol. The van der Waals surface area contributed by atoms with Crippen LogP contribution >= 0.6 is 0 Å². The molecule has 0 unspecified atom stereocenters. The summed E-state index contributed by atoms with van der Waals surface area (Å²) in [6.45, 7) is 2.07. The minimum Gasteiger partial charge on any atom is -0.497 e. The molecule has 1 rings (SSSR count). The van der Waals surface area contributed by atoms with Gasteiger partial charge in [0.1, 0.15) is 5.75 Å². The molecule has 0 aliphatic rings. The lowest BCUT2D eigenvalue weighted by molar-refractivity contribution is -0.138. The molecule has 0 fully saturated rings. The highest BCUT2D eigenvalue weighted by Gasteiger charge is 2.16. The number of benzene rings is 1. The van der Waals surface area contributed by atoms with Gasteiger partial charge in [-0.3, -0.25) is 14.6 Å². The molecule has 0 radical (unpaired) electrons. The predicted octanol–water partition coefficient (Wildman–Crippen LogP) is 1.76. The fraction of sp³-hybridized carbons (Fsp3) is 0.353. The number of ether oxygens (including phenoxy) is 1. The molecule has 24 heavy (non-hydrogen) atoms. The van der Waals surface area contributed by atoms with E-state index in [0.29, 0.717) is 12.8 Å². The van der Waals surface area contributed by atoms with Crippen LogP contribution in [0.3, 0.4) is 0 Å². The minimum absolute atomic E-state index is 0.102. The number of methoxy groups -OCH3 is 1. The smallest absolute Gasteiger partial charge is 0.313 e. The van der Waals surface area contributed by atoms with Crippen molar-refractivity contribution in [3.05, 3.63) is 41.6 Å². The Morgan fingerprint density at radius 1 is 1.25 bits per heavy atom. The van der Waals surface area contributed by atoms with Crippen LogP contribution in [0.15, 0.2) is 41.0 Å². The summed E-state index contributed by atoms with van der Waals surface area (Å²) in [6, 6.07) is 7.39. The number of nitrogens with one attached hydrogen (secondary N) is 2.